The van der Waals surface area contributed by atoms with Gasteiger partial charge in [-0.05, 0) is 24.1 Å². The molecule has 1 aromatic heterocycles. The van der Waals surface area contributed by atoms with Gasteiger partial charge in [0, 0.05) is 32.6 Å². The van der Waals surface area contributed by atoms with Crippen LogP contribution in [0.25, 0.3) is 0 Å². The quantitative estimate of drug-likeness (QED) is 0.435. The van der Waals surface area contributed by atoms with Crippen molar-refractivity contribution < 1.29 is 22.6 Å². The van der Waals surface area contributed by atoms with E-state index < -0.39 is 10.0 Å². The minimum Gasteiger partial charge on any atom is -0.379 e. The Hall–Kier alpha value is -1.06. The summed E-state index contributed by atoms with van der Waals surface area (Å²) in [5, 5.41) is 0. The second-order valence-electron chi connectivity index (χ2n) is 5.62. The summed E-state index contributed by atoms with van der Waals surface area (Å²) >= 11 is 0. The summed E-state index contributed by atoms with van der Waals surface area (Å²) < 4.78 is 41.7. The van der Waals surface area contributed by atoms with Crippen LogP contribution in [0, 0.1) is 0 Å². The fraction of sp³-hybridized carbons (Fsp3) is 0.706. The standard InChI is InChI=1S/C17H30N2O5S/c1-3-4-9-22-10-11-23-12-13-24-14-15-25(20,21)19(2)16-17-5-7-18-8-6-17/h5-8H,3-4,9-16H2,1-2H3. The second-order valence-corrected chi connectivity index (χ2v) is 7.81. The maximum Gasteiger partial charge on any atom is 0.216 e. The van der Waals surface area contributed by atoms with Crippen LogP contribution in [-0.2, 0) is 30.8 Å². The van der Waals surface area contributed by atoms with Crippen molar-refractivity contribution in [3.8, 4) is 0 Å². The van der Waals surface area contributed by atoms with E-state index in [1.165, 1.54) is 4.31 Å². The first-order chi connectivity index (χ1) is 12.1. The van der Waals surface area contributed by atoms with Gasteiger partial charge in [-0.25, -0.2) is 12.7 Å². The largest absolute Gasteiger partial charge is 0.379 e. The molecule has 0 aliphatic heterocycles. The van der Waals surface area contributed by atoms with Crippen molar-refractivity contribution in [2.45, 2.75) is 26.3 Å². The normalized spacial score (nSPS) is 12.0. The van der Waals surface area contributed by atoms with Crippen molar-refractivity contribution >= 4 is 10.0 Å². The molecule has 0 aliphatic rings. The molecule has 25 heavy (non-hydrogen) atoms. The topological polar surface area (TPSA) is 78.0 Å². The zero-order valence-corrected chi connectivity index (χ0v) is 16.0. The van der Waals surface area contributed by atoms with E-state index in [0.717, 1.165) is 25.0 Å². The Bertz CT molecular complexity index is 539. The monoisotopic (exact) mass is 374 g/mol. The zero-order chi connectivity index (χ0) is 18.4. The molecule has 7 nitrogen and oxygen atoms in total. The number of unbranched alkanes of at least 4 members (excludes halogenated alkanes) is 1. The molecule has 144 valence electrons. The molecule has 8 heteroatoms. The Morgan fingerprint density at radius 2 is 1.52 bits per heavy atom. The Morgan fingerprint density at radius 1 is 0.960 bits per heavy atom. The summed E-state index contributed by atoms with van der Waals surface area (Å²) in [7, 11) is -1.77. The third kappa shape index (κ3) is 10.5. The van der Waals surface area contributed by atoms with Gasteiger partial charge >= 0.3 is 0 Å². The smallest absolute Gasteiger partial charge is 0.216 e. The third-order valence-corrected chi connectivity index (χ3v) is 5.26. The maximum absolute atomic E-state index is 12.2. The Labute approximate surface area is 151 Å². The fourth-order valence-electron chi connectivity index (χ4n) is 1.95. The zero-order valence-electron chi connectivity index (χ0n) is 15.2. The molecule has 0 spiro atoms. The molecular formula is C17H30N2O5S. The van der Waals surface area contributed by atoms with Crippen LogP contribution in [-0.4, -0.2) is 70.1 Å². The first kappa shape index (κ1) is 22.0. The maximum atomic E-state index is 12.2. The average Bonchev–Trinajstić information content (AvgIpc) is 2.60. The number of aromatic nitrogens is 1. The van der Waals surface area contributed by atoms with Crippen LogP contribution in [0.4, 0.5) is 0 Å². The second kappa shape index (κ2) is 13.2. The van der Waals surface area contributed by atoms with Crippen molar-refractivity contribution in [1.29, 1.82) is 0 Å². The van der Waals surface area contributed by atoms with Crippen LogP contribution in [0.2, 0.25) is 0 Å². The molecule has 1 rings (SSSR count). The summed E-state index contributed by atoms with van der Waals surface area (Å²) in [6.07, 6.45) is 5.48. The lowest BCUT2D eigenvalue weighted by Crippen LogP contribution is -2.30. The summed E-state index contributed by atoms with van der Waals surface area (Å²) in [5.74, 6) is -0.0469. The van der Waals surface area contributed by atoms with Gasteiger partial charge in [0.2, 0.25) is 10.0 Å². The van der Waals surface area contributed by atoms with Crippen LogP contribution in [0.5, 0.6) is 0 Å². The number of ether oxygens (including phenoxy) is 3. The molecule has 0 amide bonds. The summed E-state index contributed by atoms with van der Waals surface area (Å²) in [6.45, 7) is 5.28. The lowest BCUT2D eigenvalue weighted by atomic mass is 10.3. The number of hydrogen-bond donors (Lipinski definition) is 0. The summed E-state index contributed by atoms with van der Waals surface area (Å²) in [6, 6.07) is 3.59. The van der Waals surface area contributed by atoms with E-state index in [1.807, 2.05) is 0 Å². The molecule has 0 radical (unpaired) electrons. The number of sulfonamides is 1. The number of pyridine rings is 1. The summed E-state index contributed by atoms with van der Waals surface area (Å²) in [4.78, 5) is 3.92. The molecular weight excluding hydrogens is 344 g/mol. The minimum absolute atomic E-state index is 0.0469. The van der Waals surface area contributed by atoms with Crippen LogP contribution in [0.15, 0.2) is 24.5 Å². The third-order valence-electron chi connectivity index (χ3n) is 3.50. The Morgan fingerprint density at radius 3 is 2.12 bits per heavy atom. The SMILES string of the molecule is CCCCOCCOCCOCCS(=O)(=O)N(C)Cc1ccncc1. The van der Waals surface area contributed by atoms with Crippen LogP contribution in [0.1, 0.15) is 25.3 Å². The van der Waals surface area contributed by atoms with Gasteiger partial charge in [0.1, 0.15) is 0 Å². The molecule has 0 aromatic carbocycles. The van der Waals surface area contributed by atoms with E-state index in [9.17, 15) is 8.42 Å². The molecule has 0 bridgehead atoms. The van der Waals surface area contributed by atoms with Crippen molar-refractivity contribution in [2.24, 2.45) is 0 Å². The van der Waals surface area contributed by atoms with Gasteiger partial charge in [-0.1, -0.05) is 13.3 Å². The van der Waals surface area contributed by atoms with Gasteiger partial charge in [0.05, 0.1) is 38.8 Å². The van der Waals surface area contributed by atoms with Crippen LogP contribution >= 0.6 is 0 Å². The number of hydrogen-bond acceptors (Lipinski definition) is 6. The highest BCUT2D eigenvalue weighted by atomic mass is 32.2. The van der Waals surface area contributed by atoms with Crippen molar-refractivity contribution in [3.05, 3.63) is 30.1 Å². The van der Waals surface area contributed by atoms with Gasteiger partial charge in [-0.2, -0.15) is 0 Å². The molecule has 0 atom stereocenters. The first-order valence-electron chi connectivity index (χ1n) is 8.62. The van der Waals surface area contributed by atoms with Gasteiger partial charge in [0.25, 0.3) is 0 Å². The molecule has 0 N–H and O–H groups in total. The molecule has 0 saturated heterocycles. The molecule has 0 unspecified atom stereocenters. The van der Waals surface area contributed by atoms with Gasteiger partial charge in [0.15, 0.2) is 0 Å². The van der Waals surface area contributed by atoms with E-state index in [1.54, 1.807) is 31.6 Å². The van der Waals surface area contributed by atoms with Gasteiger partial charge < -0.3 is 14.2 Å². The van der Waals surface area contributed by atoms with Gasteiger partial charge in [-0.3, -0.25) is 4.98 Å². The molecule has 0 aliphatic carbocycles. The Balaban J connectivity index is 2.06. The van der Waals surface area contributed by atoms with Crippen molar-refractivity contribution in [3.63, 3.8) is 0 Å². The minimum atomic E-state index is -3.34. The van der Waals surface area contributed by atoms with Crippen molar-refractivity contribution in [2.75, 3.05) is 52.4 Å². The van der Waals surface area contributed by atoms with Crippen LogP contribution in [0.3, 0.4) is 0 Å². The predicted molar refractivity (Wildman–Crippen MR) is 96.9 cm³/mol. The first-order valence-corrected chi connectivity index (χ1v) is 10.2. The van der Waals surface area contributed by atoms with E-state index in [0.29, 0.717) is 33.0 Å². The average molecular weight is 375 g/mol. The van der Waals surface area contributed by atoms with Gasteiger partial charge in [-0.15, -0.1) is 0 Å². The molecule has 0 saturated carbocycles. The molecule has 1 heterocycles. The van der Waals surface area contributed by atoms with E-state index in [4.69, 9.17) is 14.2 Å². The lowest BCUT2D eigenvalue weighted by molar-refractivity contribution is 0.0167. The van der Waals surface area contributed by atoms with Crippen molar-refractivity contribution in [1.82, 2.24) is 9.29 Å². The number of rotatable bonds is 15. The number of nitrogens with zero attached hydrogens (tertiary/aromatic N) is 2. The van der Waals surface area contributed by atoms with E-state index in [-0.39, 0.29) is 12.4 Å². The van der Waals surface area contributed by atoms with E-state index >= 15 is 0 Å². The molecule has 1 aromatic rings. The van der Waals surface area contributed by atoms with Crippen LogP contribution < -0.4 is 0 Å². The lowest BCUT2D eigenvalue weighted by Gasteiger charge is -2.17. The Kier molecular flexibility index (Phi) is 11.6. The highest BCUT2D eigenvalue weighted by Crippen LogP contribution is 2.06. The predicted octanol–water partition coefficient (Wildman–Crippen LogP) is 1.69. The fourth-order valence-corrected chi connectivity index (χ4v) is 2.94. The highest BCUT2D eigenvalue weighted by molar-refractivity contribution is 7.89. The molecule has 0 fully saturated rings. The van der Waals surface area contributed by atoms with E-state index in [2.05, 4.69) is 11.9 Å². The summed E-state index contributed by atoms with van der Waals surface area (Å²) in [5.41, 5.74) is 0.900. The highest BCUT2D eigenvalue weighted by Gasteiger charge is 2.17.